The summed E-state index contributed by atoms with van der Waals surface area (Å²) < 4.78 is 2.06. The zero-order chi connectivity index (χ0) is 9.97. The van der Waals surface area contributed by atoms with Gasteiger partial charge in [-0.2, -0.15) is 5.10 Å². The Morgan fingerprint density at radius 1 is 1.64 bits per heavy atom. The van der Waals surface area contributed by atoms with Crippen molar-refractivity contribution in [3.63, 3.8) is 0 Å². The topological polar surface area (TPSA) is 29.9 Å². The molecule has 1 N–H and O–H groups in total. The fraction of sp³-hybridized carbons (Fsp3) is 0.727. The molecule has 3 nitrogen and oxygen atoms in total. The maximum atomic E-state index is 4.42. The average molecular weight is 193 g/mol. The largest absolute Gasteiger partial charge is 0.312 e. The number of aryl methyl sites for hydroxylation is 1. The second-order valence-corrected chi connectivity index (χ2v) is 4.18. The highest BCUT2D eigenvalue weighted by atomic mass is 15.3. The van der Waals surface area contributed by atoms with Gasteiger partial charge in [0.1, 0.15) is 0 Å². The van der Waals surface area contributed by atoms with Crippen molar-refractivity contribution in [3.8, 4) is 0 Å². The second kappa shape index (κ2) is 4.13. The van der Waals surface area contributed by atoms with Crippen LogP contribution >= 0.6 is 0 Å². The fourth-order valence-corrected chi connectivity index (χ4v) is 1.91. The van der Waals surface area contributed by atoms with Crippen molar-refractivity contribution < 1.29 is 0 Å². The summed E-state index contributed by atoms with van der Waals surface area (Å²) in [6, 6.07) is 2.69. The standard InChI is InChI=1S/C11H19N3/c1-3-12-11(10-4-5-10)8-14-7-6-9(2)13-14/h6-7,10-12H,3-5,8H2,1-2H3. The van der Waals surface area contributed by atoms with Crippen LogP contribution in [0.4, 0.5) is 0 Å². The molecule has 0 bridgehead atoms. The number of hydrogen-bond donors (Lipinski definition) is 1. The van der Waals surface area contributed by atoms with Crippen molar-refractivity contribution in [2.75, 3.05) is 6.54 Å². The van der Waals surface area contributed by atoms with E-state index in [1.165, 1.54) is 12.8 Å². The van der Waals surface area contributed by atoms with Gasteiger partial charge in [0, 0.05) is 12.2 Å². The van der Waals surface area contributed by atoms with Gasteiger partial charge in [-0.25, -0.2) is 0 Å². The first-order chi connectivity index (χ1) is 6.79. The van der Waals surface area contributed by atoms with Gasteiger partial charge in [-0.3, -0.25) is 4.68 Å². The molecule has 2 rings (SSSR count). The summed E-state index contributed by atoms with van der Waals surface area (Å²) >= 11 is 0. The van der Waals surface area contributed by atoms with E-state index in [4.69, 9.17) is 0 Å². The van der Waals surface area contributed by atoms with Gasteiger partial charge in [0.15, 0.2) is 0 Å². The van der Waals surface area contributed by atoms with Crippen molar-refractivity contribution in [3.05, 3.63) is 18.0 Å². The molecule has 0 aliphatic heterocycles. The summed E-state index contributed by atoms with van der Waals surface area (Å²) in [6.07, 6.45) is 4.85. The second-order valence-electron chi connectivity index (χ2n) is 4.18. The Balaban J connectivity index is 1.92. The summed E-state index contributed by atoms with van der Waals surface area (Å²) in [4.78, 5) is 0. The van der Waals surface area contributed by atoms with E-state index in [2.05, 4.69) is 34.3 Å². The summed E-state index contributed by atoms with van der Waals surface area (Å²) in [7, 11) is 0. The van der Waals surface area contributed by atoms with Gasteiger partial charge in [0.25, 0.3) is 0 Å². The van der Waals surface area contributed by atoms with Crippen LogP contribution in [0.2, 0.25) is 0 Å². The highest BCUT2D eigenvalue weighted by Crippen LogP contribution is 2.33. The third kappa shape index (κ3) is 2.35. The third-order valence-corrected chi connectivity index (χ3v) is 2.82. The summed E-state index contributed by atoms with van der Waals surface area (Å²) in [6.45, 7) is 6.29. The lowest BCUT2D eigenvalue weighted by Crippen LogP contribution is -2.35. The predicted molar refractivity (Wildman–Crippen MR) is 57.2 cm³/mol. The molecule has 0 radical (unpaired) electrons. The summed E-state index contributed by atoms with van der Waals surface area (Å²) in [5.41, 5.74) is 1.11. The number of nitrogens with one attached hydrogen (secondary N) is 1. The zero-order valence-corrected chi connectivity index (χ0v) is 9.03. The fourth-order valence-electron chi connectivity index (χ4n) is 1.91. The van der Waals surface area contributed by atoms with Crippen LogP contribution in [0.1, 0.15) is 25.5 Å². The van der Waals surface area contributed by atoms with Crippen LogP contribution in [0.25, 0.3) is 0 Å². The van der Waals surface area contributed by atoms with E-state index in [9.17, 15) is 0 Å². The number of rotatable bonds is 5. The van der Waals surface area contributed by atoms with Crippen LogP contribution in [0.5, 0.6) is 0 Å². The minimum absolute atomic E-state index is 0.624. The molecule has 1 unspecified atom stereocenters. The Labute approximate surface area is 85.5 Å². The molecule has 1 aromatic heterocycles. The molecular formula is C11H19N3. The smallest absolute Gasteiger partial charge is 0.0593 e. The Morgan fingerprint density at radius 2 is 2.43 bits per heavy atom. The van der Waals surface area contributed by atoms with Crippen molar-refractivity contribution in [1.82, 2.24) is 15.1 Å². The SMILES string of the molecule is CCNC(Cn1ccc(C)n1)C1CC1. The van der Waals surface area contributed by atoms with Crippen molar-refractivity contribution >= 4 is 0 Å². The molecular weight excluding hydrogens is 174 g/mol. The van der Waals surface area contributed by atoms with Crippen LogP contribution in [-0.4, -0.2) is 22.4 Å². The summed E-state index contributed by atoms with van der Waals surface area (Å²) in [5.74, 6) is 0.888. The Bertz CT molecular complexity index is 288. The van der Waals surface area contributed by atoms with E-state index >= 15 is 0 Å². The van der Waals surface area contributed by atoms with Crippen LogP contribution in [0.3, 0.4) is 0 Å². The number of hydrogen-bond acceptors (Lipinski definition) is 2. The molecule has 0 aromatic carbocycles. The van der Waals surface area contributed by atoms with E-state index < -0.39 is 0 Å². The molecule has 78 valence electrons. The molecule has 1 saturated carbocycles. The first kappa shape index (κ1) is 9.71. The van der Waals surface area contributed by atoms with E-state index in [0.717, 1.165) is 24.7 Å². The van der Waals surface area contributed by atoms with Gasteiger partial charge >= 0.3 is 0 Å². The van der Waals surface area contributed by atoms with E-state index in [1.54, 1.807) is 0 Å². The van der Waals surface area contributed by atoms with Gasteiger partial charge < -0.3 is 5.32 Å². The molecule has 3 heteroatoms. The van der Waals surface area contributed by atoms with Crippen LogP contribution in [0.15, 0.2) is 12.3 Å². The Morgan fingerprint density at radius 3 is 2.93 bits per heavy atom. The van der Waals surface area contributed by atoms with Gasteiger partial charge in [0.05, 0.1) is 12.2 Å². The minimum atomic E-state index is 0.624. The number of aromatic nitrogens is 2. The molecule has 0 saturated heterocycles. The summed E-state index contributed by atoms with van der Waals surface area (Å²) in [5, 5.41) is 7.96. The lowest BCUT2D eigenvalue weighted by Gasteiger charge is -2.16. The van der Waals surface area contributed by atoms with Gasteiger partial charge in [0.2, 0.25) is 0 Å². The highest BCUT2D eigenvalue weighted by Gasteiger charge is 2.30. The Kier molecular flexibility index (Phi) is 2.87. The third-order valence-electron chi connectivity index (χ3n) is 2.82. The van der Waals surface area contributed by atoms with Crippen LogP contribution in [-0.2, 0) is 6.54 Å². The number of likely N-dealkylation sites (N-methyl/N-ethyl adjacent to an activating group) is 1. The molecule has 1 aromatic rings. The minimum Gasteiger partial charge on any atom is -0.312 e. The van der Waals surface area contributed by atoms with Gasteiger partial charge in [-0.15, -0.1) is 0 Å². The predicted octanol–water partition coefficient (Wildman–Crippen LogP) is 1.58. The molecule has 1 fully saturated rings. The van der Waals surface area contributed by atoms with E-state index in [1.807, 2.05) is 6.92 Å². The van der Waals surface area contributed by atoms with Crippen molar-refractivity contribution in [1.29, 1.82) is 0 Å². The zero-order valence-electron chi connectivity index (χ0n) is 9.03. The number of nitrogens with zero attached hydrogens (tertiary/aromatic N) is 2. The molecule has 1 heterocycles. The monoisotopic (exact) mass is 193 g/mol. The molecule has 1 aliphatic rings. The first-order valence-corrected chi connectivity index (χ1v) is 5.53. The lowest BCUT2D eigenvalue weighted by molar-refractivity contribution is 0.396. The normalized spacial score (nSPS) is 18.4. The quantitative estimate of drug-likeness (QED) is 0.769. The maximum Gasteiger partial charge on any atom is 0.0593 e. The van der Waals surface area contributed by atoms with Gasteiger partial charge in [-0.05, 0) is 38.3 Å². The maximum absolute atomic E-state index is 4.42. The van der Waals surface area contributed by atoms with Gasteiger partial charge in [-0.1, -0.05) is 6.92 Å². The first-order valence-electron chi connectivity index (χ1n) is 5.53. The van der Waals surface area contributed by atoms with Crippen molar-refractivity contribution in [2.24, 2.45) is 5.92 Å². The molecule has 0 amide bonds. The lowest BCUT2D eigenvalue weighted by atomic mass is 10.2. The highest BCUT2D eigenvalue weighted by molar-refractivity contribution is 4.96. The van der Waals surface area contributed by atoms with Crippen LogP contribution in [0, 0.1) is 12.8 Å². The molecule has 1 aliphatic carbocycles. The van der Waals surface area contributed by atoms with E-state index in [0.29, 0.717) is 6.04 Å². The van der Waals surface area contributed by atoms with E-state index in [-0.39, 0.29) is 0 Å². The molecule has 1 atom stereocenters. The Hall–Kier alpha value is -0.830. The molecule has 0 spiro atoms. The van der Waals surface area contributed by atoms with Crippen molar-refractivity contribution in [2.45, 2.75) is 39.3 Å². The average Bonchev–Trinajstić information content (AvgIpc) is 2.91. The van der Waals surface area contributed by atoms with Crippen LogP contribution < -0.4 is 5.32 Å². The molecule has 14 heavy (non-hydrogen) atoms.